The van der Waals surface area contributed by atoms with Crippen LogP contribution in [0.4, 0.5) is 5.69 Å². The van der Waals surface area contributed by atoms with Gasteiger partial charge in [-0.2, -0.15) is 0 Å². The van der Waals surface area contributed by atoms with Gasteiger partial charge in [0.05, 0.1) is 11.0 Å². The number of nitro groups is 1. The number of aromatic carboxylic acids is 1. The zero-order valence-corrected chi connectivity index (χ0v) is 12.4. The number of carbonyl (C=O) groups excluding carboxylic acids is 1. The summed E-state index contributed by atoms with van der Waals surface area (Å²) in [5.74, 6) is -2.18. The van der Waals surface area contributed by atoms with Crippen molar-refractivity contribution in [2.24, 2.45) is 0 Å². The van der Waals surface area contributed by atoms with Gasteiger partial charge in [-0.1, -0.05) is 32.6 Å². The molecule has 7 heteroatoms. The van der Waals surface area contributed by atoms with Crippen LogP contribution in [0.1, 0.15) is 55.8 Å². The van der Waals surface area contributed by atoms with Crippen LogP contribution in [0.5, 0.6) is 5.75 Å². The number of unbranched alkanes of at least 4 members (excludes halogenated alkanes) is 4. The number of hydrogen-bond acceptors (Lipinski definition) is 5. The van der Waals surface area contributed by atoms with Crippen LogP contribution >= 0.6 is 0 Å². The molecule has 0 amide bonds. The quantitative estimate of drug-likeness (QED) is 0.246. The Bertz CT molecular complexity index is 555. The molecule has 0 saturated carbocycles. The predicted octanol–water partition coefficient (Wildman–Crippen LogP) is 3.56. The smallest absolute Gasteiger partial charge is 0.339 e. The third-order valence-electron chi connectivity index (χ3n) is 3.11. The van der Waals surface area contributed by atoms with Crippen molar-refractivity contribution < 1.29 is 24.4 Å². The summed E-state index contributed by atoms with van der Waals surface area (Å²) in [5, 5.41) is 19.7. The number of benzene rings is 1. The normalized spacial score (nSPS) is 10.2. The highest BCUT2D eigenvalue weighted by Crippen LogP contribution is 2.25. The molecule has 0 bridgehead atoms. The summed E-state index contributed by atoms with van der Waals surface area (Å²) >= 11 is 0. The molecule has 120 valence electrons. The minimum absolute atomic E-state index is 0.158. The molecule has 0 aliphatic rings. The third kappa shape index (κ3) is 5.51. The maximum atomic E-state index is 11.7. The van der Waals surface area contributed by atoms with E-state index in [1.54, 1.807) is 0 Å². The molecule has 1 aromatic carbocycles. The van der Waals surface area contributed by atoms with Gasteiger partial charge in [0.15, 0.2) is 5.75 Å². The highest BCUT2D eigenvalue weighted by Gasteiger charge is 2.18. The molecule has 22 heavy (non-hydrogen) atoms. The number of hydrogen-bond donors (Lipinski definition) is 1. The van der Waals surface area contributed by atoms with Crippen molar-refractivity contribution in [2.45, 2.75) is 45.4 Å². The molecular formula is C15H19NO6. The number of carboxylic acids is 1. The second-order valence-corrected chi connectivity index (χ2v) is 4.88. The largest absolute Gasteiger partial charge is 0.478 e. The van der Waals surface area contributed by atoms with E-state index < -0.39 is 16.9 Å². The topological polar surface area (TPSA) is 107 Å². The maximum Gasteiger partial charge on any atom is 0.339 e. The monoisotopic (exact) mass is 309 g/mol. The lowest BCUT2D eigenvalue weighted by molar-refractivity contribution is -0.384. The predicted molar refractivity (Wildman–Crippen MR) is 79.1 cm³/mol. The number of ether oxygens (including phenoxy) is 1. The zero-order valence-electron chi connectivity index (χ0n) is 12.4. The third-order valence-corrected chi connectivity index (χ3v) is 3.11. The molecule has 0 aliphatic carbocycles. The summed E-state index contributed by atoms with van der Waals surface area (Å²) in [6, 6.07) is 3.08. The van der Waals surface area contributed by atoms with Crippen molar-refractivity contribution in [1.29, 1.82) is 0 Å². The molecule has 1 N–H and O–H groups in total. The molecule has 0 heterocycles. The zero-order chi connectivity index (χ0) is 16.5. The van der Waals surface area contributed by atoms with E-state index in [9.17, 15) is 19.7 Å². The van der Waals surface area contributed by atoms with Crippen molar-refractivity contribution >= 4 is 17.6 Å². The van der Waals surface area contributed by atoms with Crippen LogP contribution in [0.25, 0.3) is 0 Å². The van der Waals surface area contributed by atoms with Crippen LogP contribution in [-0.2, 0) is 4.79 Å². The first-order valence-electron chi connectivity index (χ1n) is 7.18. The van der Waals surface area contributed by atoms with Gasteiger partial charge in [0, 0.05) is 12.5 Å². The molecule has 0 aromatic heterocycles. The Morgan fingerprint density at radius 1 is 1.23 bits per heavy atom. The van der Waals surface area contributed by atoms with Crippen LogP contribution in [0.2, 0.25) is 0 Å². The molecule has 0 fully saturated rings. The molecule has 0 saturated heterocycles. The van der Waals surface area contributed by atoms with Gasteiger partial charge in [-0.05, 0) is 12.5 Å². The van der Waals surface area contributed by atoms with E-state index in [1.165, 1.54) is 0 Å². The maximum absolute atomic E-state index is 11.7. The highest BCUT2D eigenvalue weighted by atomic mass is 16.6. The Kier molecular flexibility index (Phi) is 7.01. The van der Waals surface area contributed by atoms with Crippen molar-refractivity contribution in [2.75, 3.05) is 0 Å². The molecule has 0 spiro atoms. The number of nitrogens with zero attached hydrogens (tertiary/aromatic N) is 1. The average molecular weight is 309 g/mol. The fraction of sp³-hybridized carbons (Fsp3) is 0.467. The van der Waals surface area contributed by atoms with E-state index in [-0.39, 0.29) is 23.4 Å². The first-order chi connectivity index (χ1) is 10.5. The Hall–Kier alpha value is -2.44. The minimum Gasteiger partial charge on any atom is -0.478 e. The van der Waals surface area contributed by atoms with E-state index in [0.29, 0.717) is 6.42 Å². The molecule has 7 nitrogen and oxygen atoms in total. The van der Waals surface area contributed by atoms with E-state index in [4.69, 9.17) is 9.84 Å². The number of carboxylic acid groups (broad SMARTS) is 1. The number of carbonyl (C=O) groups is 2. The van der Waals surface area contributed by atoms with Gasteiger partial charge in [-0.25, -0.2) is 4.79 Å². The Morgan fingerprint density at radius 2 is 1.91 bits per heavy atom. The van der Waals surface area contributed by atoms with Gasteiger partial charge in [-0.3, -0.25) is 14.9 Å². The van der Waals surface area contributed by atoms with Crippen LogP contribution < -0.4 is 4.74 Å². The van der Waals surface area contributed by atoms with Gasteiger partial charge in [-0.15, -0.1) is 0 Å². The summed E-state index contributed by atoms with van der Waals surface area (Å²) in [5.41, 5.74) is -0.597. The average Bonchev–Trinajstić information content (AvgIpc) is 2.46. The lowest BCUT2D eigenvalue weighted by atomic mass is 10.1. The molecule has 0 unspecified atom stereocenters. The molecule has 0 radical (unpaired) electrons. The van der Waals surface area contributed by atoms with Crippen molar-refractivity contribution in [3.8, 4) is 5.75 Å². The number of esters is 1. The Labute approximate surface area is 128 Å². The van der Waals surface area contributed by atoms with Gasteiger partial charge in [0.25, 0.3) is 5.69 Å². The fourth-order valence-corrected chi connectivity index (χ4v) is 1.93. The summed E-state index contributed by atoms with van der Waals surface area (Å²) in [4.78, 5) is 32.8. The molecule has 1 rings (SSSR count). The standard InChI is InChI=1S/C15H19NO6/c1-2-3-4-5-6-7-14(17)22-13-10-11(16(20)21)8-9-12(13)15(18)19/h8-10H,2-7H2,1H3,(H,18,19). The van der Waals surface area contributed by atoms with Crippen LogP contribution in [0.3, 0.4) is 0 Å². The van der Waals surface area contributed by atoms with Crippen LogP contribution in [0, 0.1) is 10.1 Å². The summed E-state index contributed by atoms with van der Waals surface area (Å²) < 4.78 is 4.98. The lowest BCUT2D eigenvalue weighted by Gasteiger charge is -2.07. The van der Waals surface area contributed by atoms with Crippen LogP contribution in [0.15, 0.2) is 18.2 Å². The first-order valence-corrected chi connectivity index (χ1v) is 7.18. The molecule has 1 aromatic rings. The summed E-state index contributed by atoms with van der Waals surface area (Å²) in [6.45, 7) is 2.09. The Morgan fingerprint density at radius 3 is 2.50 bits per heavy atom. The second kappa shape index (κ2) is 8.76. The minimum atomic E-state index is -1.30. The first kappa shape index (κ1) is 17.6. The van der Waals surface area contributed by atoms with E-state index in [0.717, 1.165) is 43.9 Å². The SMILES string of the molecule is CCCCCCCC(=O)Oc1cc([N+](=O)[O-])ccc1C(=O)O. The molecule has 0 aliphatic heterocycles. The van der Waals surface area contributed by atoms with Gasteiger partial charge < -0.3 is 9.84 Å². The summed E-state index contributed by atoms with van der Waals surface area (Å²) in [6.07, 6.45) is 4.93. The van der Waals surface area contributed by atoms with Gasteiger partial charge in [0.1, 0.15) is 5.56 Å². The second-order valence-electron chi connectivity index (χ2n) is 4.88. The number of rotatable bonds is 9. The number of nitro benzene ring substituents is 1. The summed E-state index contributed by atoms with van der Waals surface area (Å²) in [7, 11) is 0. The Balaban J connectivity index is 2.69. The van der Waals surface area contributed by atoms with Gasteiger partial charge in [0.2, 0.25) is 0 Å². The van der Waals surface area contributed by atoms with Crippen molar-refractivity contribution in [3.05, 3.63) is 33.9 Å². The van der Waals surface area contributed by atoms with E-state index in [2.05, 4.69) is 6.92 Å². The van der Waals surface area contributed by atoms with Crippen molar-refractivity contribution in [3.63, 3.8) is 0 Å². The number of non-ortho nitro benzene ring substituents is 1. The molecular weight excluding hydrogens is 290 g/mol. The van der Waals surface area contributed by atoms with Crippen molar-refractivity contribution in [1.82, 2.24) is 0 Å². The van der Waals surface area contributed by atoms with E-state index >= 15 is 0 Å². The molecule has 0 atom stereocenters. The van der Waals surface area contributed by atoms with E-state index in [1.807, 2.05) is 0 Å². The fourth-order valence-electron chi connectivity index (χ4n) is 1.93. The van der Waals surface area contributed by atoms with Gasteiger partial charge >= 0.3 is 11.9 Å². The lowest BCUT2D eigenvalue weighted by Crippen LogP contribution is -2.11. The van der Waals surface area contributed by atoms with Crippen LogP contribution in [-0.4, -0.2) is 22.0 Å². The highest BCUT2D eigenvalue weighted by molar-refractivity contribution is 5.92.